The molecule has 2 aromatic rings. The molecule has 0 aliphatic carbocycles. The van der Waals surface area contributed by atoms with Gasteiger partial charge in [0.1, 0.15) is 0 Å². The molecule has 1 N–H and O–H groups in total. The third kappa shape index (κ3) is 2.52. The third-order valence-electron chi connectivity index (χ3n) is 2.88. The summed E-state index contributed by atoms with van der Waals surface area (Å²) in [5.41, 5.74) is 4.52. The van der Waals surface area contributed by atoms with Gasteiger partial charge >= 0.3 is 0 Å². The number of nitrogens with one attached hydrogen (secondary N) is 1. The van der Waals surface area contributed by atoms with Gasteiger partial charge in [0.25, 0.3) is 0 Å². The van der Waals surface area contributed by atoms with E-state index in [0.717, 1.165) is 17.0 Å². The lowest BCUT2D eigenvalue weighted by atomic mass is 9.86. The van der Waals surface area contributed by atoms with Crippen LogP contribution in [0.25, 0.3) is 11.3 Å². The van der Waals surface area contributed by atoms with Gasteiger partial charge in [0, 0.05) is 11.3 Å². The summed E-state index contributed by atoms with van der Waals surface area (Å²) >= 11 is 5.85. The van der Waals surface area contributed by atoms with Gasteiger partial charge in [-0.2, -0.15) is 0 Å². The molecule has 1 aromatic heterocycles. The largest absolute Gasteiger partial charge is 0.332 e. The highest BCUT2D eigenvalue weighted by molar-refractivity contribution is 6.28. The Bertz CT molecular complexity index is 518. The van der Waals surface area contributed by atoms with E-state index < -0.39 is 0 Å². The second-order valence-corrected chi connectivity index (χ2v) is 5.69. The maximum absolute atomic E-state index is 5.85. The molecule has 0 unspecified atom stereocenters. The molecular weight excluding hydrogens is 232 g/mol. The topological polar surface area (TPSA) is 28.7 Å². The predicted octanol–water partition coefficient (Wildman–Crippen LogP) is 4.34. The Labute approximate surface area is 107 Å². The van der Waals surface area contributed by atoms with E-state index in [9.17, 15) is 0 Å². The first-order valence-corrected chi connectivity index (χ1v) is 6.09. The molecule has 0 bridgehead atoms. The smallest absolute Gasteiger partial charge is 0.200 e. The number of H-pyrrole nitrogens is 1. The summed E-state index contributed by atoms with van der Waals surface area (Å²) < 4.78 is 0. The number of nitrogens with zero attached hydrogens (tertiary/aromatic N) is 1. The summed E-state index contributed by atoms with van der Waals surface area (Å²) in [5, 5.41) is 0.442. The zero-order valence-corrected chi connectivity index (χ0v) is 11.4. The van der Waals surface area contributed by atoms with Crippen molar-refractivity contribution in [2.75, 3.05) is 0 Å². The van der Waals surface area contributed by atoms with E-state index >= 15 is 0 Å². The summed E-state index contributed by atoms with van der Waals surface area (Å²) in [4.78, 5) is 7.29. The second-order valence-electron chi connectivity index (χ2n) is 5.33. The van der Waals surface area contributed by atoms with Crippen LogP contribution in [0.5, 0.6) is 0 Å². The number of benzene rings is 1. The predicted molar refractivity (Wildman–Crippen MR) is 72.5 cm³/mol. The Morgan fingerprint density at radius 3 is 2.12 bits per heavy atom. The molecule has 2 nitrogen and oxygen atoms in total. The molecule has 0 radical (unpaired) electrons. The summed E-state index contributed by atoms with van der Waals surface area (Å²) in [6, 6.07) is 8.49. The molecule has 0 atom stereocenters. The Kier molecular flexibility index (Phi) is 3.00. The molecule has 0 aliphatic heterocycles. The second kappa shape index (κ2) is 4.19. The molecule has 3 heteroatoms. The molecule has 0 saturated carbocycles. The lowest BCUT2D eigenvalue weighted by Gasteiger charge is -2.19. The number of rotatable bonds is 1. The SMILES string of the molecule is Cc1[nH]c(Cl)nc1-c1ccc(C(C)(C)C)cc1. The quantitative estimate of drug-likeness (QED) is 0.799. The van der Waals surface area contributed by atoms with Crippen molar-refractivity contribution >= 4 is 11.6 Å². The zero-order chi connectivity index (χ0) is 12.6. The van der Waals surface area contributed by atoms with E-state index in [4.69, 9.17) is 11.6 Å². The lowest BCUT2D eigenvalue weighted by molar-refractivity contribution is 0.590. The number of aromatic nitrogens is 2. The Morgan fingerprint density at radius 1 is 1.12 bits per heavy atom. The first-order chi connectivity index (χ1) is 7.88. The van der Waals surface area contributed by atoms with E-state index in [2.05, 4.69) is 55.0 Å². The van der Waals surface area contributed by atoms with E-state index in [1.54, 1.807) is 0 Å². The van der Waals surface area contributed by atoms with Crippen LogP contribution in [0.2, 0.25) is 5.28 Å². The fourth-order valence-corrected chi connectivity index (χ4v) is 2.06. The Morgan fingerprint density at radius 2 is 1.71 bits per heavy atom. The van der Waals surface area contributed by atoms with Crippen LogP contribution >= 0.6 is 11.6 Å². The van der Waals surface area contributed by atoms with Crippen molar-refractivity contribution in [2.45, 2.75) is 33.1 Å². The van der Waals surface area contributed by atoms with Crippen LogP contribution in [0.15, 0.2) is 24.3 Å². The molecule has 0 amide bonds. The van der Waals surface area contributed by atoms with Crippen molar-refractivity contribution in [3.8, 4) is 11.3 Å². The number of aryl methyl sites for hydroxylation is 1. The van der Waals surface area contributed by atoms with Crippen molar-refractivity contribution in [1.82, 2.24) is 9.97 Å². The fourth-order valence-electron chi connectivity index (χ4n) is 1.83. The van der Waals surface area contributed by atoms with Gasteiger partial charge in [-0.25, -0.2) is 4.98 Å². The average Bonchev–Trinajstić information content (AvgIpc) is 2.57. The van der Waals surface area contributed by atoms with Gasteiger partial charge in [-0.05, 0) is 29.5 Å². The maximum Gasteiger partial charge on any atom is 0.200 e. The minimum absolute atomic E-state index is 0.177. The monoisotopic (exact) mass is 248 g/mol. The molecule has 90 valence electrons. The van der Waals surface area contributed by atoms with E-state index in [1.807, 2.05) is 6.92 Å². The number of hydrogen-bond acceptors (Lipinski definition) is 1. The minimum Gasteiger partial charge on any atom is -0.332 e. The van der Waals surface area contributed by atoms with Crippen molar-refractivity contribution in [2.24, 2.45) is 0 Å². The van der Waals surface area contributed by atoms with Crippen molar-refractivity contribution < 1.29 is 0 Å². The van der Waals surface area contributed by atoms with Gasteiger partial charge in [0.05, 0.1) is 5.69 Å². The van der Waals surface area contributed by atoms with Crippen LogP contribution in [-0.2, 0) is 5.41 Å². The normalized spacial score (nSPS) is 11.8. The number of aromatic amines is 1. The molecule has 0 fully saturated rings. The van der Waals surface area contributed by atoms with Crippen LogP contribution in [0.1, 0.15) is 32.0 Å². The van der Waals surface area contributed by atoms with Crippen LogP contribution in [0.4, 0.5) is 0 Å². The molecule has 1 heterocycles. The first-order valence-electron chi connectivity index (χ1n) is 5.71. The maximum atomic E-state index is 5.85. The molecule has 0 spiro atoms. The van der Waals surface area contributed by atoms with Crippen molar-refractivity contribution in [3.05, 3.63) is 40.8 Å². The highest BCUT2D eigenvalue weighted by Crippen LogP contribution is 2.27. The van der Waals surface area contributed by atoms with Crippen LogP contribution < -0.4 is 0 Å². The molecule has 0 aliphatic rings. The van der Waals surface area contributed by atoms with Gasteiger partial charge in [0.2, 0.25) is 5.28 Å². The van der Waals surface area contributed by atoms with Gasteiger partial charge in [-0.1, -0.05) is 45.0 Å². The molecule has 2 rings (SSSR count). The van der Waals surface area contributed by atoms with Crippen molar-refractivity contribution in [3.63, 3.8) is 0 Å². The first kappa shape index (κ1) is 12.2. The van der Waals surface area contributed by atoms with Crippen molar-refractivity contribution in [1.29, 1.82) is 0 Å². The van der Waals surface area contributed by atoms with Gasteiger partial charge in [-0.3, -0.25) is 0 Å². The summed E-state index contributed by atoms with van der Waals surface area (Å²) in [7, 11) is 0. The number of imidazole rings is 1. The Balaban J connectivity index is 2.39. The van der Waals surface area contributed by atoms with Gasteiger partial charge < -0.3 is 4.98 Å². The van der Waals surface area contributed by atoms with Crippen LogP contribution in [0, 0.1) is 6.92 Å². The average molecular weight is 249 g/mol. The van der Waals surface area contributed by atoms with Gasteiger partial charge in [-0.15, -0.1) is 0 Å². The number of hydrogen-bond donors (Lipinski definition) is 1. The summed E-state index contributed by atoms with van der Waals surface area (Å²) in [6.45, 7) is 8.60. The molecule has 0 saturated heterocycles. The highest BCUT2D eigenvalue weighted by atomic mass is 35.5. The van der Waals surface area contributed by atoms with Crippen LogP contribution in [0.3, 0.4) is 0 Å². The lowest BCUT2D eigenvalue weighted by Crippen LogP contribution is -2.10. The Hall–Kier alpha value is -1.28. The summed E-state index contributed by atoms with van der Waals surface area (Å²) in [5.74, 6) is 0. The summed E-state index contributed by atoms with van der Waals surface area (Å²) in [6.07, 6.45) is 0. The van der Waals surface area contributed by atoms with E-state index in [0.29, 0.717) is 5.28 Å². The van der Waals surface area contributed by atoms with E-state index in [-0.39, 0.29) is 5.41 Å². The third-order valence-corrected chi connectivity index (χ3v) is 3.06. The fraction of sp³-hybridized carbons (Fsp3) is 0.357. The minimum atomic E-state index is 0.177. The van der Waals surface area contributed by atoms with Gasteiger partial charge in [0.15, 0.2) is 0 Å². The van der Waals surface area contributed by atoms with Crippen LogP contribution in [-0.4, -0.2) is 9.97 Å². The number of halogens is 1. The zero-order valence-electron chi connectivity index (χ0n) is 10.6. The standard InChI is InChI=1S/C14H17ClN2/c1-9-12(17-13(15)16-9)10-5-7-11(8-6-10)14(2,3)4/h5-8H,1-4H3,(H,16,17). The highest BCUT2D eigenvalue weighted by Gasteiger charge is 2.14. The van der Waals surface area contributed by atoms with E-state index in [1.165, 1.54) is 5.56 Å². The molecule has 1 aromatic carbocycles. The molecular formula is C14H17ClN2. The molecule has 17 heavy (non-hydrogen) atoms.